The highest BCUT2D eigenvalue weighted by molar-refractivity contribution is 5.28. The first-order valence-corrected chi connectivity index (χ1v) is 8.61. The SMILES string of the molecule is CC1(C)CCCC(CN2CCc3ccccc3CC2)C1N. The molecule has 0 aromatic heterocycles. The summed E-state index contributed by atoms with van der Waals surface area (Å²) in [4.78, 5) is 2.66. The summed E-state index contributed by atoms with van der Waals surface area (Å²) in [7, 11) is 0. The van der Waals surface area contributed by atoms with Crippen LogP contribution in [0.1, 0.15) is 44.2 Å². The van der Waals surface area contributed by atoms with E-state index in [0.717, 1.165) is 0 Å². The lowest BCUT2D eigenvalue weighted by atomic mass is 9.68. The Labute approximate surface area is 129 Å². The maximum atomic E-state index is 6.57. The average Bonchev–Trinajstić information content (AvgIpc) is 2.67. The van der Waals surface area contributed by atoms with Gasteiger partial charge in [0, 0.05) is 25.7 Å². The Morgan fingerprint density at radius 3 is 2.38 bits per heavy atom. The molecule has 2 atom stereocenters. The maximum absolute atomic E-state index is 6.57. The van der Waals surface area contributed by atoms with Crippen LogP contribution in [-0.2, 0) is 12.8 Å². The van der Waals surface area contributed by atoms with Crippen molar-refractivity contribution in [1.29, 1.82) is 0 Å². The Kier molecular flexibility index (Phi) is 4.37. The van der Waals surface area contributed by atoms with Gasteiger partial charge in [0.05, 0.1) is 0 Å². The van der Waals surface area contributed by atoms with Crippen LogP contribution in [0.5, 0.6) is 0 Å². The second kappa shape index (κ2) is 6.10. The summed E-state index contributed by atoms with van der Waals surface area (Å²) < 4.78 is 0. The molecule has 2 unspecified atom stereocenters. The highest BCUT2D eigenvalue weighted by Gasteiger charge is 2.37. The highest BCUT2D eigenvalue weighted by atomic mass is 15.1. The molecule has 2 heteroatoms. The fourth-order valence-corrected chi connectivity index (χ4v) is 4.24. The number of hydrogen-bond acceptors (Lipinski definition) is 2. The molecule has 116 valence electrons. The van der Waals surface area contributed by atoms with Gasteiger partial charge in [0.2, 0.25) is 0 Å². The molecular formula is C19H30N2. The van der Waals surface area contributed by atoms with Gasteiger partial charge >= 0.3 is 0 Å². The molecule has 1 heterocycles. The van der Waals surface area contributed by atoms with Gasteiger partial charge in [-0.25, -0.2) is 0 Å². The topological polar surface area (TPSA) is 29.3 Å². The summed E-state index contributed by atoms with van der Waals surface area (Å²) in [6.07, 6.45) is 6.34. The van der Waals surface area contributed by atoms with Gasteiger partial charge in [-0.2, -0.15) is 0 Å². The number of nitrogens with zero attached hydrogens (tertiary/aromatic N) is 1. The van der Waals surface area contributed by atoms with E-state index in [9.17, 15) is 0 Å². The van der Waals surface area contributed by atoms with E-state index in [1.807, 2.05) is 0 Å². The van der Waals surface area contributed by atoms with Gasteiger partial charge in [-0.15, -0.1) is 0 Å². The van der Waals surface area contributed by atoms with Crippen molar-refractivity contribution in [3.05, 3.63) is 35.4 Å². The number of rotatable bonds is 2. The molecule has 0 bridgehead atoms. The number of fused-ring (bicyclic) bond motifs is 1. The Morgan fingerprint density at radius 2 is 1.76 bits per heavy atom. The summed E-state index contributed by atoms with van der Waals surface area (Å²) in [6, 6.07) is 9.31. The lowest BCUT2D eigenvalue weighted by Crippen LogP contribution is -2.50. The van der Waals surface area contributed by atoms with Crippen LogP contribution in [0.25, 0.3) is 0 Å². The van der Waals surface area contributed by atoms with E-state index in [4.69, 9.17) is 5.73 Å². The summed E-state index contributed by atoms with van der Waals surface area (Å²) in [5, 5.41) is 0. The third-order valence-corrected chi connectivity index (χ3v) is 5.81. The molecule has 0 amide bonds. The minimum atomic E-state index is 0.317. The molecule has 3 rings (SSSR count). The van der Waals surface area contributed by atoms with Crippen LogP contribution in [0, 0.1) is 11.3 Å². The normalized spacial score (nSPS) is 29.7. The maximum Gasteiger partial charge on any atom is 0.0131 e. The fourth-order valence-electron chi connectivity index (χ4n) is 4.24. The third-order valence-electron chi connectivity index (χ3n) is 5.81. The van der Waals surface area contributed by atoms with E-state index in [1.54, 1.807) is 11.1 Å². The highest BCUT2D eigenvalue weighted by Crippen LogP contribution is 2.38. The van der Waals surface area contributed by atoms with Crippen LogP contribution < -0.4 is 5.73 Å². The van der Waals surface area contributed by atoms with E-state index >= 15 is 0 Å². The van der Waals surface area contributed by atoms with Crippen LogP contribution in [-0.4, -0.2) is 30.6 Å². The molecular weight excluding hydrogens is 256 g/mol. The van der Waals surface area contributed by atoms with E-state index in [-0.39, 0.29) is 0 Å². The molecule has 1 fully saturated rings. The van der Waals surface area contributed by atoms with Gasteiger partial charge in [0.25, 0.3) is 0 Å². The van der Waals surface area contributed by atoms with Crippen molar-refractivity contribution >= 4 is 0 Å². The summed E-state index contributed by atoms with van der Waals surface area (Å²) >= 11 is 0. The largest absolute Gasteiger partial charge is 0.327 e. The van der Waals surface area contributed by atoms with Crippen molar-refractivity contribution in [1.82, 2.24) is 4.90 Å². The molecule has 2 N–H and O–H groups in total. The summed E-state index contributed by atoms with van der Waals surface area (Å²) in [6.45, 7) is 8.28. The molecule has 21 heavy (non-hydrogen) atoms. The molecule has 1 aliphatic heterocycles. The van der Waals surface area contributed by atoms with E-state index < -0.39 is 0 Å². The fraction of sp³-hybridized carbons (Fsp3) is 0.684. The van der Waals surface area contributed by atoms with Crippen molar-refractivity contribution in [2.45, 2.75) is 52.0 Å². The molecule has 1 aromatic rings. The average molecular weight is 286 g/mol. The Morgan fingerprint density at radius 1 is 1.14 bits per heavy atom. The molecule has 2 aliphatic rings. The van der Waals surface area contributed by atoms with Crippen molar-refractivity contribution < 1.29 is 0 Å². The zero-order valence-electron chi connectivity index (χ0n) is 13.6. The van der Waals surface area contributed by atoms with Crippen LogP contribution in [0.15, 0.2) is 24.3 Å². The summed E-state index contributed by atoms with van der Waals surface area (Å²) in [5.41, 5.74) is 9.99. The first kappa shape index (κ1) is 15.1. The van der Waals surface area contributed by atoms with Crippen LogP contribution in [0.2, 0.25) is 0 Å². The number of nitrogens with two attached hydrogens (primary N) is 1. The zero-order chi connectivity index (χ0) is 14.9. The van der Waals surface area contributed by atoms with E-state index in [1.165, 1.54) is 51.7 Å². The Balaban J connectivity index is 1.62. The van der Waals surface area contributed by atoms with Crippen molar-refractivity contribution in [2.75, 3.05) is 19.6 Å². The predicted molar refractivity (Wildman–Crippen MR) is 89.4 cm³/mol. The standard InChI is InChI=1S/C19H30N2/c1-19(2)11-5-8-17(18(19)20)14-21-12-9-15-6-3-4-7-16(15)10-13-21/h3-4,6-7,17-18H,5,8-14,20H2,1-2H3. The van der Waals surface area contributed by atoms with Gasteiger partial charge < -0.3 is 10.6 Å². The van der Waals surface area contributed by atoms with Crippen LogP contribution >= 0.6 is 0 Å². The predicted octanol–water partition coefficient (Wildman–Crippen LogP) is 3.24. The lowest BCUT2D eigenvalue weighted by molar-refractivity contribution is 0.104. The first-order chi connectivity index (χ1) is 10.1. The minimum absolute atomic E-state index is 0.317. The van der Waals surface area contributed by atoms with Crippen molar-refractivity contribution in [3.8, 4) is 0 Å². The second-order valence-electron chi connectivity index (χ2n) is 7.74. The van der Waals surface area contributed by atoms with Gasteiger partial charge in [-0.3, -0.25) is 0 Å². The zero-order valence-corrected chi connectivity index (χ0v) is 13.6. The van der Waals surface area contributed by atoms with Crippen LogP contribution in [0.4, 0.5) is 0 Å². The number of benzene rings is 1. The molecule has 2 nitrogen and oxygen atoms in total. The first-order valence-electron chi connectivity index (χ1n) is 8.61. The molecule has 1 saturated carbocycles. The second-order valence-corrected chi connectivity index (χ2v) is 7.74. The molecule has 1 aliphatic carbocycles. The molecule has 0 radical (unpaired) electrons. The number of hydrogen-bond donors (Lipinski definition) is 1. The lowest BCUT2D eigenvalue weighted by Gasteiger charge is -2.43. The smallest absolute Gasteiger partial charge is 0.0131 e. The van der Waals surface area contributed by atoms with Crippen LogP contribution in [0.3, 0.4) is 0 Å². The minimum Gasteiger partial charge on any atom is -0.327 e. The van der Waals surface area contributed by atoms with Crippen molar-refractivity contribution in [2.24, 2.45) is 17.1 Å². The molecule has 0 spiro atoms. The van der Waals surface area contributed by atoms with Crippen molar-refractivity contribution in [3.63, 3.8) is 0 Å². The molecule has 1 aromatic carbocycles. The van der Waals surface area contributed by atoms with Gasteiger partial charge in [-0.1, -0.05) is 44.5 Å². The Bertz CT molecular complexity index is 453. The van der Waals surface area contributed by atoms with Gasteiger partial charge in [-0.05, 0) is 48.1 Å². The van der Waals surface area contributed by atoms with Gasteiger partial charge in [0.15, 0.2) is 0 Å². The third kappa shape index (κ3) is 3.32. The quantitative estimate of drug-likeness (QED) is 0.904. The van der Waals surface area contributed by atoms with E-state index in [2.05, 4.69) is 43.0 Å². The monoisotopic (exact) mass is 286 g/mol. The summed E-state index contributed by atoms with van der Waals surface area (Å²) in [5.74, 6) is 0.676. The molecule has 0 saturated heterocycles. The van der Waals surface area contributed by atoms with Gasteiger partial charge in [0.1, 0.15) is 0 Å². The Hall–Kier alpha value is -0.860. The van der Waals surface area contributed by atoms with E-state index in [0.29, 0.717) is 17.4 Å².